The Hall–Kier alpha value is -0.370. The Kier molecular flexibility index (Phi) is 2.06. The Labute approximate surface area is 72.0 Å². The lowest BCUT2D eigenvalue weighted by atomic mass is 11.0. The maximum atomic E-state index is 10.7. The van der Waals surface area contributed by atoms with Gasteiger partial charge in [0.05, 0.1) is 0 Å². The van der Waals surface area contributed by atoms with Gasteiger partial charge in [-0.15, -0.1) is 0 Å². The zero-order valence-electron chi connectivity index (χ0n) is 5.11. The number of sulfonamides is 1. The third kappa shape index (κ3) is 1.80. The van der Waals surface area contributed by atoms with Crippen molar-refractivity contribution in [3.05, 3.63) is 5.15 Å². The fourth-order valence-corrected chi connectivity index (χ4v) is 2.52. The van der Waals surface area contributed by atoms with Crippen LogP contribution in [-0.2, 0) is 10.0 Å². The van der Waals surface area contributed by atoms with Crippen LogP contribution in [0.3, 0.4) is 0 Å². The molecule has 0 unspecified atom stereocenters. The van der Waals surface area contributed by atoms with Gasteiger partial charge in [-0.1, -0.05) is 22.9 Å². The summed E-state index contributed by atoms with van der Waals surface area (Å²) in [6, 6.07) is 0. The number of nitrogens with zero attached hydrogens (tertiary/aromatic N) is 1. The monoisotopic (exact) mass is 213 g/mol. The predicted octanol–water partition coefficient (Wildman–Crippen LogP) is 0.0261. The first-order valence-electron chi connectivity index (χ1n) is 2.36. The van der Waals surface area contributed by atoms with Gasteiger partial charge in [-0.25, -0.2) is 18.5 Å². The number of nitrogens with two attached hydrogens (primary N) is 2. The van der Waals surface area contributed by atoms with Crippen molar-refractivity contribution < 1.29 is 8.42 Å². The molecule has 1 aromatic rings. The minimum Gasteiger partial charge on any atom is -0.375 e. The summed E-state index contributed by atoms with van der Waals surface area (Å²) in [5.74, 6) is 0. The first-order chi connectivity index (χ1) is 4.91. The fraction of sp³-hybridized carbons (Fsp3) is 0. The van der Waals surface area contributed by atoms with Gasteiger partial charge in [0.2, 0.25) is 0 Å². The molecule has 0 atom stereocenters. The molecule has 0 spiro atoms. The molecule has 4 N–H and O–H groups in total. The molecular weight excluding hydrogens is 210 g/mol. The lowest BCUT2D eigenvalue weighted by Crippen LogP contribution is -2.10. The van der Waals surface area contributed by atoms with E-state index in [1.54, 1.807) is 0 Å². The molecule has 0 radical (unpaired) electrons. The maximum absolute atomic E-state index is 10.7. The molecule has 0 aliphatic heterocycles. The van der Waals surface area contributed by atoms with Crippen LogP contribution in [0.5, 0.6) is 0 Å². The van der Waals surface area contributed by atoms with Gasteiger partial charge in [-0.3, -0.25) is 0 Å². The second-order valence-corrected chi connectivity index (χ2v) is 4.82. The van der Waals surface area contributed by atoms with Gasteiger partial charge < -0.3 is 5.73 Å². The topological polar surface area (TPSA) is 99.1 Å². The molecule has 0 saturated carbocycles. The first kappa shape index (κ1) is 8.72. The minimum absolute atomic E-state index is 0.0824. The van der Waals surface area contributed by atoms with Crippen LogP contribution in [0.1, 0.15) is 0 Å². The molecule has 11 heavy (non-hydrogen) atoms. The molecule has 62 valence electrons. The van der Waals surface area contributed by atoms with Crippen LogP contribution in [-0.4, -0.2) is 13.4 Å². The second kappa shape index (κ2) is 2.59. The molecule has 0 aromatic carbocycles. The highest BCUT2D eigenvalue weighted by molar-refractivity contribution is 7.91. The molecule has 0 amide bonds. The van der Waals surface area contributed by atoms with E-state index < -0.39 is 10.0 Å². The van der Waals surface area contributed by atoms with E-state index in [9.17, 15) is 8.42 Å². The summed E-state index contributed by atoms with van der Waals surface area (Å²) in [6.07, 6.45) is 0. The van der Waals surface area contributed by atoms with E-state index in [0.29, 0.717) is 0 Å². The summed E-state index contributed by atoms with van der Waals surface area (Å²) in [5, 5.41) is 4.68. The van der Waals surface area contributed by atoms with E-state index in [1.807, 2.05) is 0 Å². The van der Waals surface area contributed by atoms with Crippen LogP contribution in [0.25, 0.3) is 0 Å². The highest BCUT2D eigenvalue weighted by atomic mass is 35.5. The molecule has 0 saturated heterocycles. The number of aromatic nitrogens is 1. The van der Waals surface area contributed by atoms with Gasteiger partial charge >= 0.3 is 0 Å². The Balaban J connectivity index is 3.36. The quantitative estimate of drug-likeness (QED) is 0.687. The summed E-state index contributed by atoms with van der Waals surface area (Å²) >= 11 is 6.13. The smallest absolute Gasteiger partial charge is 0.250 e. The Morgan fingerprint density at radius 1 is 1.55 bits per heavy atom. The van der Waals surface area contributed by atoms with Crippen LogP contribution >= 0.6 is 22.9 Å². The normalized spacial score (nSPS) is 11.8. The summed E-state index contributed by atoms with van der Waals surface area (Å²) in [5.41, 5.74) is 5.18. The van der Waals surface area contributed by atoms with Crippen molar-refractivity contribution in [1.29, 1.82) is 0 Å². The molecule has 1 heterocycles. The van der Waals surface area contributed by atoms with Crippen LogP contribution in [0.4, 0.5) is 5.13 Å². The standard InChI is InChI=1S/C3H4ClN3O2S2/c4-1-2(11(6,8)9)10-3(5)7-1/h(H2,5,7)(H2,6,8,9). The number of thiazole rings is 1. The van der Waals surface area contributed by atoms with Crippen LogP contribution in [0.2, 0.25) is 5.15 Å². The average molecular weight is 214 g/mol. The fourth-order valence-electron chi connectivity index (χ4n) is 0.478. The SMILES string of the molecule is Nc1nc(Cl)c(S(N)(=O)=O)s1. The van der Waals surface area contributed by atoms with Crippen molar-refractivity contribution in [2.45, 2.75) is 4.21 Å². The van der Waals surface area contributed by atoms with Crippen molar-refractivity contribution in [2.75, 3.05) is 5.73 Å². The number of halogens is 1. The van der Waals surface area contributed by atoms with E-state index >= 15 is 0 Å². The lowest BCUT2D eigenvalue weighted by molar-refractivity contribution is 0.599. The van der Waals surface area contributed by atoms with Gasteiger partial charge in [0, 0.05) is 0 Å². The largest absolute Gasteiger partial charge is 0.375 e. The zero-order chi connectivity index (χ0) is 8.65. The van der Waals surface area contributed by atoms with E-state index in [0.717, 1.165) is 11.3 Å². The van der Waals surface area contributed by atoms with Crippen LogP contribution in [0.15, 0.2) is 4.21 Å². The molecule has 0 bridgehead atoms. The number of hydrogen-bond donors (Lipinski definition) is 2. The third-order valence-electron chi connectivity index (χ3n) is 0.832. The predicted molar refractivity (Wildman–Crippen MR) is 42.9 cm³/mol. The van der Waals surface area contributed by atoms with Gasteiger partial charge in [-0.2, -0.15) is 0 Å². The Morgan fingerprint density at radius 3 is 2.27 bits per heavy atom. The number of primary sulfonamides is 1. The van der Waals surface area contributed by atoms with Crippen molar-refractivity contribution in [2.24, 2.45) is 5.14 Å². The van der Waals surface area contributed by atoms with Crippen molar-refractivity contribution >= 4 is 38.1 Å². The molecule has 0 aliphatic carbocycles. The van der Waals surface area contributed by atoms with E-state index in [4.69, 9.17) is 22.5 Å². The first-order valence-corrected chi connectivity index (χ1v) is 5.10. The zero-order valence-corrected chi connectivity index (χ0v) is 7.50. The molecule has 0 fully saturated rings. The summed E-state index contributed by atoms with van der Waals surface area (Å²) in [6.45, 7) is 0. The average Bonchev–Trinajstić information content (AvgIpc) is 2.08. The highest BCUT2D eigenvalue weighted by Gasteiger charge is 2.17. The van der Waals surface area contributed by atoms with Gasteiger partial charge in [0.15, 0.2) is 14.5 Å². The van der Waals surface area contributed by atoms with Gasteiger partial charge in [0.25, 0.3) is 10.0 Å². The van der Waals surface area contributed by atoms with E-state index in [1.165, 1.54) is 0 Å². The number of nitrogen functional groups attached to an aromatic ring is 1. The van der Waals surface area contributed by atoms with Gasteiger partial charge in [-0.05, 0) is 0 Å². The third-order valence-corrected chi connectivity index (χ3v) is 3.67. The highest BCUT2D eigenvalue weighted by Crippen LogP contribution is 2.27. The van der Waals surface area contributed by atoms with Crippen molar-refractivity contribution in [3.63, 3.8) is 0 Å². The molecule has 8 heteroatoms. The van der Waals surface area contributed by atoms with Crippen LogP contribution in [0, 0.1) is 0 Å². The molecule has 1 aromatic heterocycles. The molecule has 5 nitrogen and oxygen atoms in total. The molecule has 1 rings (SSSR count). The summed E-state index contributed by atoms with van der Waals surface area (Å²) in [7, 11) is -3.77. The summed E-state index contributed by atoms with van der Waals surface area (Å²) < 4.78 is 21.2. The lowest BCUT2D eigenvalue weighted by Gasteiger charge is -1.88. The summed E-state index contributed by atoms with van der Waals surface area (Å²) in [4.78, 5) is 3.48. The van der Waals surface area contributed by atoms with Crippen LogP contribution < -0.4 is 10.9 Å². The number of hydrogen-bond acceptors (Lipinski definition) is 5. The van der Waals surface area contributed by atoms with E-state index in [2.05, 4.69) is 4.98 Å². The minimum atomic E-state index is -3.77. The van der Waals surface area contributed by atoms with Crippen molar-refractivity contribution in [1.82, 2.24) is 4.98 Å². The van der Waals surface area contributed by atoms with Gasteiger partial charge in [0.1, 0.15) is 0 Å². The Bertz CT molecular complexity index is 370. The maximum Gasteiger partial charge on any atom is 0.250 e. The molecular formula is C3H4ClN3O2S2. The number of rotatable bonds is 1. The Morgan fingerprint density at radius 2 is 2.09 bits per heavy atom. The van der Waals surface area contributed by atoms with E-state index in [-0.39, 0.29) is 14.5 Å². The second-order valence-electron chi connectivity index (χ2n) is 1.68. The van der Waals surface area contributed by atoms with Crippen molar-refractivity contribution in [3.8, 4) is 0 Å². The number of anilines is 1. The molecule has 0 aliphatic rings.